The van der Waals surface area contributed by atoms with Crippen LogP contribution >= 0.6 is 11.8 Å². The maximum atomic E-state index is 14.7. The van der Waals surface area contributed by atoms with E-state index in [0.717, 1.165) is 30.6 Å². The highest BCUT2D eigenvalue weighted by Crippen LogP contribution is 2.33. The molecule has 2 aliphatic heterocycles. The second-order valence-corrected chi connectivity index (χ2v) is 22.2. The summed E-state index contributed by atoms with van der Waals surface area (Å²) in [5, 5.41) is 10.7. The van der Waals surface area contributed by atoms with Crippen molar-refractivity contribution in [3.8, 4) is 0 Å². The van der Waals surface area contributed by atoms with E-state index in [1.54, 1.807) is 45.0 Å². The predicted molar refractivity (Wildman–Crippen MR) is 277 cm³/mol. The van der Waals surface area contributed by atoms with Gasteiger partial charge in [-0.25, -0.2) is 0 Å². The number of ether oxygens (including phenoxy) is 2. The fourth-order valence-electron chi connectivity index (χ4n) is 10.6. The minimum absolute atomic E-state index is 0.000446. The number of aliphatic hydroxyl groups is 1. The summed E-state index contributed by atoms with van der Waals surface area (Å²) in [6.07, 6.45) is 4.52. The van der Waals surface area contributed by atoms with Crippen LogP contribution in [0.4, 0.5) is 0 Å². The Balaban J connectivity index is 1.66. The molecule has 11 atom stereocenters. The Morgan fingerprint density at radius 2 is 1.49 bits per heavy atom. The summed E-state index contributed by atoms with van der Waals surface area (Å²) in [6, 6.07) is 7.72. The van der Waals surface area contributed by atoms with E-state index in [9.17, 15) is 38.7 Å². The highest BCUT2D eigenvalue weighted by molar-refractivity contribution is 8.00. The average molecular weight is 999 g/mol. The average Bonchev–Trinajstić information content (AvgIpc) is 3.92. The maximum absolute atomic E-state index is 14.7. The number of rotatable bonds is 32. The first-order valence-electron chi connectivity index (χ1n) is 26.3. The molecule has 0 bridgehead atoms. The summed E-state index contributed by atoms with van der Waals surface area (Å²) in [6.45, 7) is 18.4. The maximum Gasteiger partial charge on any atom is 0.242 e. The molecule has 2 saturated heterocycles. The van der Waals surface area contributed by atoms with Crippen LogP contribution in [-0.2, 0) is 43.0 Å². The molecule has 3 rings (SSSR count). The van der Waals surface area contributed by atoms with Crippen molar-refractivity contribution in [2.24, 2.45) is 35.5 Å². The largest absolute Gasteiger partial charge is 0.388 e. The molecule has 2 heterocycles. The van der Waals surface area contributed by atoms with Gasteiger partial charge in [0.15, 0.2) is 5.78 Å². The van der Waals surface area contributed by atoms with Crippen molar-refractivity contribution in [2.75, 3.05) is 47.2 Å². The van der Waals surface area contributed by atoms with Gasteiger partial charge in [-0.15, -0.1) is 11.8 Å². The first-order chi connectivity index (χ1) is 33.2. The normalized spacial score (nSPS) is 20.2. The van der Waals surface area contributed by atoms with E-state index in [1.807, 2.05) is 90.6 Å². The molecular formula is C55H90N4O10S. The lowest BCUT2D eigenvalue weighted by Crippen LogP contribution is -2.54. The molecule has 2 unspecified atom stereocenters. The number of hydrogen-bond acceptors (Lipinski definition) is 11. The third kappa shape index (κ3) is 16.4. The summed E-state index contributed by atoms with van der Waals surface area (Å²) in [5.74, 6) is -2.19. The standard InChI is InChI=1S/C55H90N4O10S/c1-14-16-30-70-46-34-49(64)59(55(46)67)28-22-18-21-27-47(62)56(10)50(36(5)6)44(61)32-41(35(3)4)54(66)57(11)51(37(7)15-2)45(68-12)33-48(63)58-29-23-26-42(58)53(69-13)39(9)43(60)31-38(8)52(65)40-24-19-17-20-25-40/h17,19-20,24-25,35-39,41-42,45-46,50-53,65H,14-16,18,21-23,26-34H2,1-13H3/t37-,38-,39-,41-,42-,45+,46?,50-,51?,52+,53+/m0/s1. The SMILES string of the molecule is CCCCSC1CC(=O)N(CCCCCC(=O)N(C)[C@H](C(=O)C[C@H](C(=O)N(C)C([C@@H](C)CC)[C@@H](CC(=O)N2CCC[C@H]2[C@H](OC)[C@@H](C)C(=O)C[C@H](C)[C@@H](O)c2ccccc2)OC)C(C)C)C(C)C)C1=O. The number of nitrogens with zero attached hydrogens (tertiary/aromatic N) is 4. The number of thioether (sulfide) groups is 1. The van der Waals surface area contributed by atoms with Gasteiger partial charge in [0.05, 0.1) is 48.1 Å². The summed E-state index contributed by atoms with van der Waals surface area (Å²) in [4.78, 5) is 102. The number of ketones is 2. The first-order valence-corrected chi connectivity index (χ1v) is 27.3. The Bertz CT molecular complexity index is 1850. The molecule has 14 nitrogen and oxygen atoms in total. The molecule has 2 fully saturated rings. The number of methoxy groups -OCH3 is 2. The third-order valence-electron chi connectivity index (χ3n) is 15.2. The fraction of sp³-hybridized carbons (Fsp3) is 0.764. The van der Waals surface area contributed by atoms with E-state index in [0.29, 0.717) is 45.2 Å². The topological polar surface area (TPSA) is 171 Å². The zero-order chi connectivity index (χ0) is 52.4. The number of carbonyl (C=O) groups excluding carboxylic acids is 7. The van der Waals surface area contributed by atoms with Crippen LogP contribution in [-0.4, -0.2) is 149 Å². The summed E-state index contributed by atoms with van der Waals surface area (Å²) < 4.78 is 12.1. The van der Waals surface area contributed by atoms with Crippen molar-refractivity contribution in [1.82, 2.24) is 19.6 Å². The number of unbranched alkanes of at least 4 members (excludes halogenated alkanes) is 3. The number of benzene rings is 1. The number of carbonyl (C=O) groups is 7. The summed E-state index contributed by atoms with van der Waals surface area (Å²) >= 11 is 1.56. The Morgan fingerprint density at radius 3 is 2.07 bits per heavy atom. The highest BCUT2D eigenvalue weighted by atomic mass is 32.2. The van der Waals surface area contributed by atoms with Crippen LogP contribution in [0, 0.1) is 35.5 Å². The number of hydrogen-bond donors (Lipinski definition) is 1. The monoisotopic (exact) mass is 999 g/mol. The van der Waals surface area contributed by atoms with Crippen molar-refractivity contribution in [2.45, 2.75) is 187 Å². The van der Waals surface area contributed by atoms with Crippen molar-refractivity contribution >= 4 is 52.9 Å². The van der Waals surface area contributed by atoms with Crippen LogP contribution < -0.4 is 0 Å². The van der Waals surface area contributed by atoms with Crippen LogP contribution in [0.25, 0.3) is 0 Å². The van der Waals surface area contributed by atoms with E-state index >= 15 is 0 Å². The van der Waals surface area contributed by atoms with Gasteiger partial charge >= 0.3 is 0 Å². The molecule has 0 saturated carbocycles. The van der Waals surface area contributed by atoms with Crippen LogP contribution in [0.5, 0.6) is 0 Å². The summed E-state index contributed by atoms with van der Waals surface area (Å²) in [5.41, 5.74) is 0.756. The first kappa shape index (κ1) is 60.6. The van der Waals surface area contributed by atoms with Crippen molar-refractivity contribution in [3.05, 3.63) is 35.9 Å². The van der Waals surface area contributed by atoms with Crippen LogP contribution in [0.1, 0.15) is 157 Å². The van der Waals surface area contributed by atoms with E-state index in [4.69, 9.17) is 9.47 Å². The van der Waals surface area contributed by atoms with Crippen molar-refractivity contribution in [3.63, 3.8) is 0 Å². The molecule has 1 N–H and O–H groups in total. The highest BCUT2D eigenvalue weighted by Gasteiger charge is 2.44. The number of likely N-dealkylation sites (N-methyl/N-ethyl adjacent to an activating group) is 2. The van der Waals surface area contributed by atoms with E-state index in [-0.39, 0.29) is 108 Å². The van der Waals surface area contributed by atoms with Gasteiger partial charge in [0.25, 0.3) is 0 Å². The smallest absolute Gasteiger partial charge is 0.242 e. The molecule has 0 spiro atoms. The lowest BCUT2D eigenvalue weighted by Gasteiger charge is -2.41. The minimum Gasteiger partial charge on any atom is -0.388 e. The van der Waals surface area contributed by atoms with Gasteiger partial charge < -0.3 is 29.3 Å². The predicted octanol–water partition coefficient (Wildman–Crippen LogP) is 8.17. The molecule has 0 aromatic heterocycles. The second-order valence-electron chi connectivity index (χ2n) is 20.9. The molecular weight excluding hydrogens is 909 g/mol. The van der Waals surface area contributed by atoms with Gasteiger partial charge in [0, 0.05) is 78.9 Å². The molecule has 70 heavy (non-hydrogen) atoms. The zero-order valence-electron chi connectivity index (χ0n) is 45.0. The molecule has 1 aromatic rings. The van der Waals surface area contributed by atoms with Gasteiger partial charge in [-0.3, -0.25) is 38.5 Å². The molecule has 1 aromatic carbocycles. The lowest BCUT2D eigenvalue weighted by molar-refractivity contribution is -0.149. The molecule has 0 radical (unpaired) electrons. The molecule has 15 heteroatoms. The number of imide groups is 1. The second kappa shape index (κ2) is 29.8. The van der Waals surface area contributed by atoms with Crippen LogP contribution in [0.15, 0.2) is 30.3 Å². The molecule has 396 valence electrons. The molecule has 2 aliphatic rings. The Kier molecular flexibility index (Phi) is 25.8. The summed E-state index contributed by atoms with van der Waals surface area (Å²) in [7, 11) is 6.51. The minimum atomic E-state index is -0.792. The number of aliphatic hydroxyl groups excluding tert-OH is 1. The van der Waals surface area contributed by atoms with Crippen molar-refractivity contribution < 1.29 is 48.1 Å². The fourth-order valence-corrected chi connectivity index (χ4v) is 11.9. The van der Waals surface area contributed by atoms with Crippen LogP contribution in [0.3, 0.4) is 0 Å². The third-order valence-corrected chi connectivity index (χ3v) is 16.5. The van der Waals surface area contributed by atoms with Gasteiger partial charge in [0.1, 0.15) is 5.78 Å². The van der Waals surface area contributed by atoms with E-state index < -0.39 is 42.2 Å². The number of likely N-dealkylation sites (tertiary alicyclic amines) is 2. The van der Waals surface area contributed by atoms with Gasteiger partial charge in [-0.2, -0.15) is 0 Å². The van der Waals surface area contributed by atoms with Crippen LogP contribution in [0.2, 0.25) is 0 Å². The Morgan fingerprint density at radius 1 is 0.814 bits per heavy atom. The van der Waals surface area contributed by atoms with E-state index in [1.165, 1.54) is 9.80 Å². The quantitative estimate of drug-likeness (QED) is 0.0546. The number of Topliss-reactive ketones (excluding diaryl/α,β-unsaturated/α-hetero) is 2. The molecule has 0 aliphatic carbocycles. The Labute approximate surface area is 425 Å². The van der Waals surface area contributed by atoms with Gasteiger partial charge in [-0.05, 0) is 67.1 Å². The lowest BCUT2D eigenvalue weighted by atomic mass is 9.83. The number of amides is 5. The zero-order valence-corrected chi connectivity index (χ0v) is 45.8. The Hall–Kier alpha value is -3.66. The van der Waals surface area contributed by atoms with E-state index in [2.05, 4.69) is 6.92 Å². The molecule has 5 amide bonds. The van der Waals surface area contributed by atoms with Gasteiger partial charge in [0.2, 0.25) is 29.5 Å². The van der Waals surface area contributed by atoms with Gasteiger partial charge in [-0.1, -0.05) is 112 Å². The van der Waals surface area contributed by atoms with Crippen molar-refractivity contribution in [1.29, 1.82) is 0 Å².